The Labute approximate surface area is 188 Å². The molecule has 0 atom stereocenters. The van der Waals surface area contributed by atoms with Crippen molar-refractivity contribution < 1.29 is 43.0 Å². The van der Waals surface area contributed by atoms with Crippen LogP contribution < -0.4 is 5.10 Å². The third-order valence-electron chi connectivity index (χ3n) is 3.67. The van der Waals surface area contributed by atoms with E-state index in [9.17, 15) is 22.0 Å². The predicted molar refractivity (Wildman–Crippen MR) is 96.7 cm³/mol. The van der Waals surface area contributed by atoms with Crippen molar-refractivity contribution in [1.82, 2.24) is 25.4 Å². The maximum Gasteiger partial charge on any atom is 2.00 e. The second kappa shape index (κ2) is 10.3. The van der Waals surface area contributed by atoms with Crippen LogP contribution in [-0.2, 0) is 27.2 Å². The molecule has 0 saturated heterocycles. The van der Waals surface area contributed by atoms with E-state index in [2.05, 4.69) is 31.4 Å². The summed E-state index contributed by atoms with van der Waals surface area (Å²) in [5.74, 6) is -1.34. The van der Waals surface area contributed by atoms with E-state index in [4.69, 9.17) is 0 Å². The molecule has 31 heavy (non-hydrogen) atoms. The summed E-state index contributed by atoms with van der Waals surface area (Å²) in [6, 6.07) is 13.5. The van der Waals surface area contributed by atoms with Gasteiger partial charge in [-0.15, -0.1) is 12.1 Å². The molecular formula is C20H12F5N5Pt. The Morgan fingerprint density at radius 2 is 1.74 bits per heavy atom. The minimum absolute atomic E-state index is 0. The fourth-order valence-electron chi connectivity index (χ4n) is 2.25. The van der Waals surface area contributed by atoms with Gasteiger partial charge < -0.3 is 10.2 Å². The number of aromatic nitrogens is 5. The predicted octanol–water partition coefficient (Wildman–Crippen LogP) is 4.65. The van der Waals surface area contributed by atoms with E-state index < -0.39 is 23.5 Å². The largest absolute Gasteiger partial charge is 2.00 e. The van der Waals surface area contributed by atoms with Crippen molar-refractivity contribution in [2.24, 2.45) is 0 Å². The van der Waals surface area contributed by atoms with E-state index in [1.165, 1.54) is 6.20 Å². The van der Waals surface area contributed by atoms with Crippen LogP contribution in [0.5, 0.6) is 0 Å². The Kier molecular flexibility index (Phi) is 8.10. The summed E-state index contributed by atoms with van der Waals surface area (Å²) >= 11 is 0. The molecule has 3 heterocycles. The van der Waals surface area contributed by atoms with E-state index in [0.717, 1.165) is 23.9 Å². The summed E-state index contributed by atoms with van der Waals surface area (Å²) in [6.45, 7) is 1.78. The van der Waals surface area contributed by atoms with E-state index in [0.29, 0.717) is 11.4 Å². The van der Waals surface area contributed by atoms with E-state index in [1.54, 1.807) is 37.3 Å². The fraction of sp³-hybridized carbons (Fsp3) is 0.100. The molecule has 0 unspecified atom stereocenters. The Hall–Kier alpha value is -3.00. The number of hydrogen-bond donors (Lipinski definition) is 0. The third-order valence-corrected chi connectivity index (χ3v) is 3.67. The van der Waals surface area contributed by atoms with Crippen molar-refractivity contribution in [1.29, 1.82) is 0 Å². The van der Waals surface area contributed by atoms with Crippen molar-refractivity contribution in [2.45, 2.75) is 13.1 Å². The van der Waals surface area contributed by atoms with Gasteiger partial charge in [0.25, 0.3) is 0 Å². The van der Waals surface area contributed by atoms with Crippen LogP contribution in [0.15, 0.2) is 54.7 Å². The van der Waals surface area contributed by atoms with Gasteiger partial charge in [-0.25, -0.2) is 5.10 Å². The van der Waals surface area contributed by atoms with Gasteiger partial charge in [0, 0.05) is 29.2 Å². The standard InChI is InChI=1S/C11H7F2N2.C9H5F3N3.Pt/c1-7-2-5-11(15-14-7)9-4-3-8(12)6-10(9)13;10-9(11,12)8-5-7(14-15-8)6-3-1-2-4-13-6;/h2-3,5-6H,1H3;1-5H;/q2*-1;+2. The first-order valence-electron chi connectivity index (χ1n) is 8.40. The maximum atomic E-state index is 13.3. The molecule has 0 radical (unpaired) electrons. The van der Waals surface area contributed by atoms with Crippen LogP contribution in [0.4, 0.5) is 22.0 Å². The van der Waals surface area contributed by atoms with Gasteiger partial charge in [-0.2, -0.15) is 18.3 Å². The van der Waals surface area contributed by atoms with E-state index >= 15 is 0 Å². The average molecular weight is 612 g/mol. The average Bonchev–Trinajstić information content (AvgIpc) is 3.21. The van der Waals surface area contributed by atoms with Crippen molar-refractivity contribution in [3.05, 3.63) is 83.8 Å². The van der Waals surface area contributed by atoms with Crippen LogP contribution in [0.1, 0.15) is 11.4 Å². The summed E-state index contributed by atoms with van der Waals surface area (Å²) in [5.41, 5.74) is 0.717. The van der Waals surface area contributed by atoms with E-state index in [1.807, 2.05) is 0 Å². The zero-order chi connectivity index (χ0) is 21.7. The molecule has 0 amide bonds. The molecule has 0 fully saturated rings. The van der Waals surface area contributed by atoms with Crippen LogP contribution >= 0.6 is 0 Å². The number of rotatable bonds is 2. The number of hydrogen-bond acceptors (Lipinski definition) is 4. The number of benzene rings is 1. The SMILES string of the molecule is Cc1ccc(-c2[c-]cc(F)cc2F)nn1.FC(F)(F)c1cc(-c2ccccn2)[n-]n1.[Pt+2]. The van der Waals surface area contributed by atoms with Crippen molar-refractivity contribution in [2.75, 3.05) is 0 Å². The van der Waals surface area contributed by atoms with Crippen molar-refractivity contribution >= 4 is 0 Å². The number of halogens is 5. The summed E-state index contributed by atoms with van der Waals surface area (Å²) in [6.07, 6.45) is -2.97. The molecule has 11 heteroatoms. The second-order valence-corrected chi connectivity index (χ2v) is 5.93. The normalized spacial score (nSPS) is 10.6. The molecule has 4 aromatic rings. The molecular weight excluding hydrogens is 600 g/mol. The summed E-state index contributed by atoms with van der Waals surface area (Å²) < 4.78 is 62.5. The van der Waals surface area contributed by atoms with Crippen LogP contribution in [-0.4, -0.2) is 20.3 Å². The topological polar surface area (TPSA) is 65.7 Å². The first kappa shape index (κ1) is 24.3. The number of alkyl halides is 3. The first-order valence-corrected chi connectivity index (χ1v) is 8.40. The molecule has 4 rings (SSSR count). The van der Waals surface area contributed by atoms with Crippen LogP contribution in [0.25, 0.3) is 22.6 Å². The zero-order valence-electron chi connectivity index (χ0n) is 15.6. The van der Waals surface area contributed by atoms with Gasteiger partial charge in [-0.05, 0) is 31.2 Å². The van der Waals surface area contributed by atoms with Crippen LogP contribution in [0.2, 0.25) is 0 Å². The quantitative estimate of drug-likeness (QED) is 0.244. The van der Waals surface area contributed by atoms with Gasteiger partial charge in [0.1, 0.15) is 5.69 Å². The van der Waals surface area contributed by atoms with E-state index in [-0.39, 0.29) is 32.3 Å². The molecule has 5 nitrogen and oxygen atoms in total. The smallest absolute Gasteiger partial charge is 0.573 e. The molecule has 0 spiro atoms. The van der Waals surface area contributed by atoms with Crippen LogP contribution in [0.3, 0.4) is 0 Å². The number of pyridine rings is 1. The van der Waals surface area contributed by atoms with Gasteiger partial charge in [-0.3, -0.25) is 13.8 Å². The third kappa shape index (κ3) is 6.49. The molecule has 162 valence electrons. The van der Waals surface area contributed by atoms with Gasteiger partial charge in [-0.1, -0.05) is 29.5 Å². The molecule has 0 aliphatic carbocycles. The second-order valence-electron chi connectivity index (χ2n) is 5.93. The maximum absolute atomic E-state index is 13.3. The molecule has 3 aromatic heterocycles. The fourth-order valence-corrected chi connectivity index (χ4v) is 2.25. The molecule has 0 saturated carbocycles. The summed E-state index contributed by atoms with van der Waals surface area (Å²) in [4.78, 5) is 3.87. The van der Waals surface area contributed by atoms with Crippen molar-refractivity contribution in [3.8, 4) is 22.6 Å². The molecule has 0 bridgehead atoms. The molecule has 0 N–H and O–H groups in total. The Morgan fingerprint density at radius 1 is 0.968 bits per heavy atom. The van der Waals surface area contributed by atoms with Crippen LogP contribution in [0, 0.1) is 24.6 Å². The molecule has 0 aliphatic rings. The Bertz CT molecular complexity index is 1120. The van der Waals surface area contributed by atoms with Gasteiger partial charge >= 0.3 is 27.2 Å². The van der Waals surface area contributed by atoms with Gasteiger partial charge in [0.05, 0.1) is 5.69 Å². The Morgan fingerprint density at radius 3 is 2.29 bits per heavy atom. The van der Waals surface area contributed by atoms with Gasteiger partial charge in [0.15, 0.2) is 0 Å². The van der Waals surface area contributed by atoms with Gasteiger partial charge in [0.2, 0.25) is 0 Å². The number of aryl methyl sites for hydroxylation is 1. The minimum Gasteiger partial charge on any atom is -0.573 e. The summed E-state index contributed by atoms with van der Waals surface area (Å²) in [5, 5.41) is 14.1. The molecule has 1 aromatic carbocycles. The summed E-state index contributed by atoms with van der Waals surface area (Å²) in [7, 11) is 0. The zero-order valence-corrected chi connectivity index (χ0v) is 17.9. The number of nitrogens with zero attached hydrogens (tertiary/aromatic N) is 5. The minimum atomic E-state index is -4.46. The molecule has 0 aliphatic heterocycles. The van der Waals surface area contributed by atoms with Crippen molar-refractivity contribution in [3.63, 3.8) is 0 Å². The Balaban J connectivity index is 0.000000213. The first-order chi connectivity index (χ1) is 14.2. The monoisotopic (exact) mass is 612 g/mol.